The molecule has 14 heavy (non-hydrogen) atoms. The lowest BCUT2D eigenvalue weighted by atomic mass is 10.1. The summed E-state index contributed by atoms with van der Waals surface area (Å²) in [6, 6.07) is 0.687. The van der Waals surface area contributed by atoms with Gasteiger partial charge in [0, 0.05) is 31.5 Å². The van der Waals surface area contributed by atoms with Crippen molar-refractivity contribution in [3.63, 3.8) is 0 Å². The maximum Gasteiger partial charge on any atom is 0.220 e. The lowest BCUT2D eigenvalue weighted by molar-refractivity contribution is -0.119. The van der Waals surface area contributed by atoms with Gasteiger partial charge in [0.1, 0.15) is 0 Å². The van der Waals surface area contributed by atoms with Crippen molar-refractivity contribution >= 4 is 5.91 Å². The number of amides is 1. The largest absolute Gasteiger partial charge is 0.352 e. The number of terminal acetylenes is 1. The molecule has 0 spiro atoms. The third-order valence-electron chi connectivity index (χ3n) is 2.59. The van der Waals surface area contributed by atoms with Gasteiger partial charge in [0.25, 0.3) is 0 Å². The smallest absolute Gasteiger partial charge is 0.220 e. The Labute approximate surface area is 85.6 Å². The quantitative estimate of drug-likeness (QED) is 0.631. The number of carbonyl (C=O) groups is 1. The first-order valence-corrected chi connectivity index (χ1v) is 5.22. The van der Waals surface area contributed by atoms with E-state index in [2.05, 4.69) is 23.5 Å². The normalized spacial score (nSPS) is 22.9. The van der Waals surface area contributed by atoms with Gasteiger partial charge in [0.2, 0.25) is 5.91 Å². The van der Waals surface area contributed by atoms with Gasteiger partial charge in [-0.2, -0.15) is 0 Å². The third kappa shape index (κ3) is 3.39. The van der Waals surface area contributed by atoms with Gasteiger partial charge in [-0.1, -0.05) is 6.92 Å². The molecule has 1 rings (SSSR count). The summed E-state index contributed by atoms with van der Waals surface area (Å²) in [4.78, 5) is 10.9. The van der Waals surface area contributed by atoms with Gasteiger partial charge in [-0.3, -0.25) is 4.79 Å². The molecule has 1 amide bonds. The van der Waals surface area contributed by atoms with E-state index in [1.165, 1.54) is 0 Å². The first-order chi connectivity index (χ1) is 6.76. The van der Waals surface area contributed by atoms with Crippen molar-refractivity contribution in [2.45, 2.75) is 44.7 Å². The molecule has 2 N–H and O–H groups in total. The number of hydrogen-bond acceptors (Lipinski definition) is 2. The van der Waals surface area contributed by atoms with Crippen molar-refractivity contribution in [3.05, 3.63) is 0 Å². The highest BCUT2D eigenvalue weighted by atomic mass is 16.1. The van der Waals surface area contributed by atoms with Crippen LogP contribution in [0, 0.1) is 12.3 Å². The summed E-state index contributed by atoms with van der Waals surface area (Å²) in [7, 11) is 0. The monoisotopic (exact) mass is 194 g/mol. The molecule has 0 bridgehead atoms. The fraction of sp³-hybridized carbons (Fsp3) is 0.727. The van der Waals surface area contributed by atoms with Crippen LogP contribution >= 0.6 is 0 Å². The van der Waals surface area contributed by atoms with Crippen LogP contribution in [0.3, 0.4) is 0 Å². The van der Waals surface area contributed by atoms with Crippen LogP contribution in [0.15, 0.2) is 0 Å². The number of nitrogens with one attached hydrogen (secondary N) is 2. The van der Waals surface area contributed by atoms with E-state index in [0.29, 0.717) is 18.5 Å². The van der Waals surface area contributed by atoms with Crippen molar-refractivity contribution in [2.75, 3.05) is 6.54 Å². The molecule has 78 valence electrons. The molecule has 1 saturated heterocycles. The average Bonchev–Trinajstić information content (AvgIpc) is 2.59. The van der Waals surface area contributed by atoms with Gasteiger partial charge in [0.05, 0.1) is 0 Å². The van der Waals surface area contributed by atoms with Crippen LogP contribution in [0.1, 0.15) is 32.6 Å². The lowest BCUT2D eigenvalue weighted by Gasteiger charge is -2.17. The highest BCUT2D eigenvalue weighted by Gasteiger charge is 2.20. The van der Waals surface area contributed by atoms with Gasteiger partial charge in [-0.05, 0) is 12.8 Å². The molecule has 0 aliphatic carbocycles. The fourth-order valence-corrected chi connectivity index (χ4v) is 1.64. The Morgan fingerprint density at radius 2 is 2.57 bits per heavy atom. The topological polar surface area (TPSA) is 41.1 Å². The standard InChI is InChI=1S/C11H18N2O/c1-3-5-9(4-2)12-8-10-6-7-11(14)13-10/h1,9-10,12H,4-8H2,2H3,(H,13,14). The highest BCUT2D eigenvalue weighted by molar-refractivity contribution is 5.78. The Bertz CT molecular complexity index is 232. The predicted molar refractivity (Wildman–Crippen MR) is 56.7 cm³/mol. The van der Waals surface area contributed by atoms with Gasteiger partial charge in [-0.15, -0.1) is 12.3 Å². The summed E-state index contributed by atoms with van der Waals surface area (Å²) in [5, 5.41) is 6.30. The maximum atomic E-state index is 10.9. The molecular formula is C11H18N2O. The molecule has 0 aromatic heterocycles. The Kier molecular flexibility index (Phi) is 4.48. The molecule has 3 nitrogen and oxygen atoms in total. The minimum atomic E-state index is 0.168. The van der Waals surface area contributed by atoms with E-state index >= 15 is 0 Å². The molecule has 0 radical (unpaired) electrons. The van der Waals surface area contributed by atoms with Gasteiger partial charge in [-0.25, -0.2) is 0 Å². The lowest BCUT2D eigenvalue weighted by Crippen LogP contribution is -2.40. The maximum absolute atomic E-state index is 10.9. The Morgan fingerprint density at radius 1 is 1.79 bits per heavy atom. The highest BCUT2D eigenvalue weighted by Crippen LogP contribution is 2.06. The Morgan fingerprint density at radius 3 is 3.07 bits per heavy atom. The van der Waals surface area contributed by atoms with Crippen LogP contribution in [0.5, 0.6) is 0 Å². The zero-order valence-corrected chi connectivity index (χ0v) is 8.68. The van der Waals surface area contributed by atoms with E-state index in [1.807, 2.05) is 0 Å². The van der Waals surface area contributed by atoms with E-state index in [4.69, 9.17) is 6.42 Å². The molecule has 2 atom stereocenters. The van der Waals surface area contributed by atoms with E-state index < -0.39 is 0 Å². The zero-order chi connectivity index (χ0) is 10.4. The zero-order valence-electron chi connectivity index (χ0n) is 8.68. The molecule has 1 aliphatic heterocycles. The molecule has 2 unspecified atom stereocenters. The molecule has 1 heterocycles. The molecule has 0 aromatic carbocycles. The molecule has 0 saturated carbocycles. The number of carbonyl (C=O) groups excluding carboxylic acids is 1. The summed E-state index contributed by atoms with van der Waals surface area (Å²) in [6.45, 7) is 2.95. The number of hydrogen-bond donors (Lipinski definition) is 2. The first kappa shape index (κ1) is 11.1. The molecule has 1 fully saturated rings. The van der Waals surface area contributed by atoms with Crippen LogP contribution < -0.4 is 10.6 Å². The summed E-state index contributed by atoms with van der Waals surface area (Å²) in [5.74, 6) is 2.82. The van der Waals surface area contributed by atoms with Crippen LogP contribution in [-0.4, -0.2) is 24.5 Å². The summed E-state index contributed by atoms with van der Waals surface area (Å²) < 4.78 is 0. The Hall–Kier alpha value is -1.01. The second kappa shape index (κ2) is 5.66. The third-order valence-corrected chi connectivity index (χ3v) is 2.59. The minimum Gasteiger partial charge on any atom is -0.352 e. The summed E-state index contributed by atoms with van der Waals surface area (Å²) >= 11 is 0. The minimum absolute atomic E-state index is 0.168. The van der Waals surface area contributed by atoms with Crippen molar-refractivity contribution in [1.29, 1.82) is 0 Å². The van der Waals surface area contributed by atoms with Crippen LogP contribution in [0.4, 0.5) is 0 Å². The van der Waals surface area contributed by atoms with Crippen molar-refractivity contribution in [1.82, 2.24) is 10.6 Å². The summed E-state index contributed by atoms with van der Waals surface area (Å²) in [5.41, 5.74) is 0. The van der Waals surface area contributed by atoms with Gasteiger partial charge >= 0.3 is 0 Å². The first-order valence-electron chi connectivity index (χ1n) is 5.22. The van der Waals surface area contributed by atoms with Crippen molar-refractivity contribution in [3.8, 4) is 12.3 Å². The van der Waals surface area contributed by atoms with Crippen LogP contribution in [-0.2, 0) is 4.79 Å². The SMILES string of the molecule is C#CCC(CC)NCC1CCC(=O)N1. The molecular weight excluding hydrogens is 176 g/mol. The van der Waals surface area contributed by atoms with Gasteiger partial charge < -0.3 is 10.6 Å². The fourth-order valence-electron chi connectivity index (χ4n) is 1.64. The summed E-state index contributed by atoms with van der Waals surface area (Å²) in [6.07, 6.45) is 8.65. The van der Waals surface area contributed by atoms with E-state index in [0.717, 1.165) is 25.8 Å². The molecule has 1 aliphatic rings. The van der Waals surface area contributed by atoms with E-state index in [1.54, 1.807) is 0 Å². The van der Waals surface area contributed by atoms with E-state index in [-0.39, 0.29) is 5.91 Å². The van der Waals surface area contributed by atoms with Crippen LogP contribution in [0.2, 0.25) is 0 Å². The van der Waals surface area contributed by atoms with Crippen molar-refractivity contribution < 1.29 is 4.79 Å². The number of rotatable bonds is 5. The van der Waals surface area contributed by atoms with Crippen molar-refractivity contribution in [2.24, 2.45) is 0 Å². The second-order valence-corrected chi connectivity index (χ2v) is 3.72. The van der Waals surface area contributed by atoms with E-state index in [9.17, 15) is 4.79 Å². The van der Waals surface area contributed by atoms with Crippen LogP contribution in [0.25, 0.3) is 0 Å². The second-order valence-electron chi connectivity index (χ2n) is 3.72. The van der Waals surface area contributed by atoms with Gasteiger partial charge in [0.15, 0.2) is 0 Å². The average molecular weight is 194 g/mol. The molecule has 3 heteroatoms. The molecule has 0 aromatic rings. The predicted octanol–water partition coefficient (Wildman–Crippen LogP) is 0.656. The Balaban J connectivity index is 2.19.